The fraction of sp³-hybridized carbons (Fsp3) is 0. The SMILES string of the molecule is O=[S@]1(c2ccccc2)=Nc2c(O)cccc2C=C1. The van der Waals surface area contributed by atoms with Gasteiger partial charge in [-0.15, -0.1) is 0 Å². The number of nitrogens with zero attached hydrogens (tertiary/aromatic N) is 1. The molecule has 0 spiro atoms. The fourth-order valence-electron chi connectivity index (χ4n) is 1.86. The first kappa shape index (κ1) is 11.0. The Bertz CT molecular complexity index is 742. The Morgan fingerprint density at radius 2 is 1.78 bits per heavy atom. The standard InChI is InChI=1S/C14H11NO2S/c16-13-8-4-5-11-9-10-18(17,15-14(11)13)12-6-2-1-3-7-12/h1-10,16H/t18-/m1/s1. The second-order valence-corrected chi connectivity index (χ2v) is 6.05. The van der Waals surface area contributed by atoms with Crippen molar-refractivity contribution in [2.45, 2.75) is 4.90 Å². The van der Waals surface area contributed by atoms with Crippen molar-refractivity contribution < 1.29 is 9.32 Å². The minimum Gasteiger partial charge on any atom is -0.506 e. The number of phenols is 1. The molecule has 0 bridgehead atoms. The van der Waals surface area contributed by atoms with Crippen molar-refractivity contribution in [1.29, 1.82) is 0 Å². The van der Waals surface area contributed by atoms with Crippen LogP contribution in [-0.2, 0) is 9.73 Å². The van der Waals surface area contributed by atoms with E-state index in [4.69, 9.17) is 0 Å². The maximum Gasteiger partial charge on any atom is 0.142 e. The zero-order valence-electron chi connectivity index (χ0n) is 9.48. The molecule has 4 heteroatoms. The second kappa shape index (κ2) is 3.99. The Balaban J connectivity index is 2.27. The molecule has 3 rings (SSSR count). The van der Waals surface area contributed by atoms with Crippen LogP contribution in [0.25, 0.3) is 6.08 Å². The van der Waals surface area contributed by atoms with Gasteiger partial charge in [0.05, 0.1) is 4.90 Å². The summed E-state index contributed by atoms with van der Waals surface area (Å²) in [6.45, 7) is 0. The predicted octanol–water partition coefficient (Wildman–Crippen LogP) is 3.54. The highest BCUT2D eigenvalue weighted by atomic mass is 32.2. The Morgan fingerprint density at radius 3 is 2.56 bits per heavy atom. The van der Waals surface area contributed by atoms with Gasteiger partial charge in [0.1, 0.15) is 21.2 Å². The Labute approximate surface area is 106 Å². The Morgan fingerprint density at radius 1 is 1.00 bits per heavy atom. The molecule has 0 aliphatic carbocycles. The van der Waals surface area contributed by atoms with E-state index in [1.54, 1.807) is 35.7 Å². The summed E-state index contributed by atoms with van der Waals surface area (Å²) in [4.78, 5) is 0.648. The van der Waals surface area contributed by atoms with Crippen LogP contribution in [-0.4, -0.2) is 9.32 Å². The molecule has 0 aromatic heterocycles. The van der Waals surface area contributed by atoms with E-state index in [0.29, 0.717) is 10.6 Å². The maximum absolute atomic E-state index is 12.8. The highest BCUT2D eigenvalue weighted by Crippen LogP contribution is 2.37. The minimum absolute atomic E-state index is 0.0560. The van der Waals surface area contributed by atoms with Gasteiger partial charge in [0.2, 0.25) is 0 Å². The van der Waals surface area contributed by atoms with Crippen LogP contribution in [0.4, 0.5) is 5.69 Å². The first-order chi connectivity index (χ1) is 8.69. The summed E-state index contributed by atoms with van der Waals surface area (Å²) < 4.78 is 17.0. The summed E-state index contributed by atoms with van der Waals surface area (Å²) in [5.74, 6) is 0.0560. The molecule has 0 saturated heterocycles. The first-order valence-electron chi connectivity index (χ1n) is 5.51. The summed E-state index contributed by atoms with van der Waals surface area (Å²) in [5, 5.41) is 11.4. The van der Waals surface area contributed by atoms with E-state index in [1.165, 1.54) is 0 Å². The number of phenolic OH excluding ortho intramolecular Hbond substituents is 1. The van der Waals surface area contributed by atoms with Crippen LogP contribution in [0.5, 0.6) is 5.75 Å². The third-order valence-electron chi connectivity index (χ3n) is 2.79. The largest absolute Gasteiger partial charge is 0.506 e. The van der Waals surface area contributed by atoms with E-state index >= 15 is 0 Å². The maximum atomic E-state index is 12.8. The number of benzene rings is 2. The van der Waals surface area contributed by atoms with E-state index < -0.39 is 9.73 Å². The van der Waals surface area contributed by atoms with Crippen molar-refractivity contribution >= 4 is 21.5 Å². The van der Waals surface area contributed by atoms with E-state index in [9.17, 15) is 9.32 Å². The number of hydrogen-bond donors (Lipinski definition) is 1. The van der Waals surface area contributed by atoms with Gasteiger partial charge in [-0.2, -0.15) is 4.36 Å². The van der Waals surface area contributed by atoms with Gasteiger partial charge in [0, 0.05) is 11.0 Å². The topological polar surface area (TPSA) is 49.7 Å². The Hall–Kier alpha value is -2.07. The molecule has 90 valence electrons. The molecule has 18 heavy (non-hydrogen) atoms. The van der Waals surface area contributed by atoms with Crippen molar-refractivity contribution in [3.8, 4) is 5.75 Å². The molecule has 1 aliphatic heterocycles. The van der Waals surface area contributed by atoms with Crippen molar-refractivity contribution in [2.24, 2.45) is 4.36 Å². The molecule has 1 aliphatic rings. The van der Waals surface area contributed by atoms with Crippen LogP contribution < -0.4 is 0 Å². The van der Waals surface area contributed by atoms with Crippen molar-refractivity contribution in [1.82, 2.24) is 0 Å². The molecule has 1 atom stereocenters. The van der Waals surface area contributed by atoms with E-state index in [0.717, 1.165) is 5.56 Å². The zero-order valence-corrected chi connectivity index (χ0v) is 10.3. The molecule has 2 aromatic rings. The summed E-state index contributed by atoms with van der Waals surface area (Å²) in [6, 6.07) is 14.2. The predicted molar refractivity (Wildman–Crippen MR) is 72.1 cm³/mol. The smallest absolute Gasteiger partial charge is 0.142 e. The number of hydrogen-bond acceptors (Lipinski definition) is 3. The van der Waals surface area contributed by atoms with E-state index in [1.807, 2.05) is 24.3 Å². The molecular formula is C14H11NO2S. The van der Waals surface area contributed by atoms with Crippen LogP contribution in [0.1, 0.15) is 5.56 Å². The molecule has 1 N–H and O–H groups in total. The molecule has 0 radical (unpaired) electrons. The first-order valence-corrected chi connectivity index (χ1v) is 7.09. The van der Waals surface area contributed by atoms with Crippen molar-refractivity contribution in [3.63, 3.8) is 0 Å². The lowest BCUT2D eigenvalue weighted by atomic mass is 10.1. The van der Waals surface area contributed by atoms with Crippen LogP contribution >= 0.6 is 0 Å². The summed E-state index contributed by atoms with van der Waals surface area (Å²) >= 11 is 0. The molecule has 2 aromatic carbocycles. The normalized spacial score (nSPS) is 21.1. The van der Waals surface area contributed by atoms with Crippen LogP contribution in [0.2, 0.25) is 0 Å². The van der Waals surface area contributed by atoms with Crippen molar-refractivity contribution in [3.05, 3.63) is 59.5 Å². The summed E-state index contributed by atoms with van der Waals surface area (Å²) in [5.41, 5.74) is 1.18. The molecule has 3 nitrogen and oxygen atoms in total. The summed E-state index contributed by atoms with van der Waals surface area (Å²) in [7, 11) is -2.62. The molecule has 0 saturated carbocycles. The lowest BCUT2D eigenvalue weighted by molar-refractivity contribution is 0.477. The van der Waals surface area contributed by atoms with Gasteiger partial charge in [-0.3, -0.25) is 0 Å². The Kier molecular flexibility index (Phi) is 2.45. The van der Waals surface area contributed by atoms with E-state index in [2.05, 4.69) is 4.36 Å². The third-order valence-corrected chi connectivity index (χ3v) is 4.69. The highest BCUT2D eigenvalue weighted by Gasteiger charge is 2.16. The lowest BCUT2D eigenvalue weighted by Gasteiger charge is -2.13. The van der Waals surface area contributed by atoms with Crippen LogP contribution in [0, 0.1) is 0 Å². The monoisotopic (exact) mass is 257 g/mol. The molecular weight excluding hydrogens is 246 g/mol. The van der Waals surface area contributed by atoms with Gasteiger partial charge < -0.3 is 5.11 Å². The average molecular weight is 257 g/mol. The van der Waals surface area contributed by atoms with Gasteiger partial charge in [-0.1, -0.05) is 30.3 Å². The molecule has 1 heterocycles. The van der Waals surface area contributed by atoms with Gasteiger partial charge in [0.15, 0.2) is 0 Å². The van der Waals surface area contributed by atoms with E-state index in [-0.39, 0.29) is 5.75 Å². The average Bonchev–Trinajstić information content (AvgIpc) is 2.41. The quantitative estimate of drug-likeness (QED) is 0.849. The van der Waals surface area contributed by atoms with Gasteiger partial charge in [-0.25, -0.2) is 4.21 Å². The number of fused-ring (bicyclic) bond motifs is 1. The third kappa shape index (κ3) is 1.71. The molecule has 0 fully saturated rings. The highest BCUT2D eigenvalue weighted by molar-refractivity contribution is 7.96. The number of aromatic hydroxyl groups is 1. The molecule has 0 unspecified atom stereocenters. The lowest BCUT2D eigenvalue weighted by Crippen LogP contribution is -1.99. The second-order valence-electron chi connectivity index (χ2n) is 3.99. The van der Waals surface area contributed by atoms with Crippen molar-refractivity contribution in [2.75, 3.05) is 0 Å². The molecule has 0 amide bonds. The number of rotatable bonds is 1. The van der Waals surface area contributed by atoms with Gasteiger partial charge in [-0.05, 0) is 24.3 Å². The van der Waals surface area contributed by atoms with Gasteiger partial charge in [0.25, 0.3) is 0 Å². The minimum atomic E-state index is -2.62. The van der Waals surface area contributed by atoms with Crippen LogP contribution in [0.15, 0.2) is 63.2 Å². The van der Waals surface area contributed by atoms with Crippen LogP contribution in [0.3, 0.4) is 0 Å². The van der Waals surface area contributed by atoms with Gasteiger partial charge >= 0.3 is 0 Å². The zero-order chi connectivity index (χ0) is 12.6. The fourth-order valence-corrected chi connectivity index (χ4v) is 3.53. The summed E-state index contributed by atoms with van der Waals surface area (Å²) in [6.07, 6.45) is 1.75.